The predicted molar refractivity (Wildman–Crippen MR) is 169 cm³/mol. The predicted octanol–water partition coefficient (Wildman–Crippen LogP) is 4.47. The second kappa shape index (κ2) is 11.8. The molecule has 3 aliphatic rings. The first-order chi connectivity index (χ1) is 21.1. The number of nitrogens with zero attached hydrogens (tertiary/aromatic N) is 1. The number of hydrogen-bond donors (Lipinski definition) is 3. The van der Waals surface area contributed by atoms with Gasteiger partial charge in [0.1, 0.15) is 11.5 Å². The number of aryl methyl sites for hydroxylation is 1. The number of amides is 2. The van der Waals surface area contributed by atoms with Crippen molar-refractivity contribution in [1.29, 1.82) is 0 Å². The molecule has 3 N–H and O–H groups in total. The van der Waals surface area contributed by atoms with Gasteiger partial charge in [0.25, 0.3) is 11.8 Å². The van der Waals surface area contributed by atoms with Crippen LogP contribution in [0.15, 0.2) is 41.3 Å². The van der Waals surface area contributed by atoms with Crippen LogP contribution in [0.2, 0.25) is 0 Å². The van der Waals surface area contributed by atoms with E-state index in [1.165, 1.54) is 39.2 Å². The van der Waals surface area contributed by atoms with Crippen LogP contribution in [0.3, 0.4) is 0 Å². The largest absolute Gasteiger partial charge is 0.497 e. The molecule has 3 aromatic rings. The summed E-state index contributed by atoms with van der Waals surface area (Å²) in [6, 6.07) is 10.4. The molecule has 0 unspecified atom stereocenters. The normalized spacial score (nSPS) is 18.9. The number of aromatic nitrogens is 1. The Hall–Kier alpha value is -4.09. The minimum absolute atomic E-state index is 0.000164. The SMILES string of the molecule is COc1cc(CS(=O)(=O)c2ccc3c(c2)/C(=C/c2[nH]c(C)c(C(=O)N4CCC[C@@H]4CNC4CC4)c2C)C(=O)N3)cc(OC)c1. The number of carbonyl (C=O) groups excluding carboxylic acids is 2. The summed E-state index contributed by atoms with van der Waals surface area (Å²) < 4.78 is 37.6. The molecule has 2 aliphatic heterocycles. The van der Waals surface area contributed by atoms with Gasteiger partial charge < -0.3 is 30.0 Å². The lowest BCUT2D eigenvalue weighted by Gasteiger charge is -2.25. The van der Waals surface area contributed by atoms with Crippen LogP contribution in [0, 0.1) is 13.8 Å². The van der Waals surface area contributed by atoms with Crippen molar-refractivity contribution in [3.05, 3.63) is 70.0 Å². The van der Waals surface area contributed by atoms with E-state index < -0.39 is 9.84 Å². The lowest BCUT2D eigenvalue weighted by atomic mass is 10.0. The van der Waals surface area contributed by atoms with Crippen LogP contribution in [-0.4, -0.2) is 69.5 Å². The molecule has 2 amide bonds. The standard InChI is InChI=1S/C33H38N4O6S/c1-19-30(35-20(2)31(19)33(39)37-11-5-6-23(37)17-34-22-7-8-22)16-28-27-15-26(9-10-29(27)36-32(28)38)44(40,41)18-21-12-24(42-3)14-25(13-21)43-4/h9-10,12-16,22-23,34-35H,5-8,11,17-18H2,1-4H3,(H,36,38)/b28-16-/t23-/m1/s1. The molecule has 0 spiro atoms. The lowest BCUT2D eigenvalue weighted by Crippen LogP contribution is -2.42. The van der Waals surface area contributed by atoms with Crippen molar-refractivity contribution in [3.63, 3.8) is 0 Å². The summed E-state index contributed by atoms with van der Waals surface area (Å²) in [7, 11) is -0.766. The number of methoxy groups -OCH3 is 2. The van der Waals surface area contributed by atoms with Crippen molar-refractivity contribution >= 4 is 39.0 Å². The molecule has 0 bridgehead atoms. The van der Waals surface area contributed by atoms with E-state index in [9.17, 15) is 18.0 Å². The third kappa shape index (κ3) is 5.86. The van der Waals surface area contributed by atoms with Crippen molar-refractivity contribution in [2.75, 3.05) is 32.6 Å². The summed E-state index contributed by atoms with van der Waals surface area (Å²) in [5, 5.41) is 6.40. The Bertz CT molecular complexity index is 1750. The number of sulfone groups is 1. The first-order valence-electron chi connectivity index (χ1n) is 14.9. The molecule has 1 saturated carbocycles. The van der Waals surface area contributed by atoms with Crippen LogP contribution < -0.4 is 20.1 Å². The first-order valence-corrected chi connectivity index (χ1v) is 16.6. The van der Waals surface area contributed by atoms with Gasteiger partial charge >= 0.3 is 0 Å². The van der Waals surface area contributed by atoms with Gasteiger partial charge in [-0.15, -0.1) is 0 Å². The average molecular weight is 619 g/mol. The Labute approximate surface area is 257 Å². The maximum Gasteiger partial charge on any atom is 0.256 e. The van der Waals surface area contributed by atoms with Crippen LogP contribution in [0.1, 0.15) is 64.1 Å². The van der Waals surface area contributed by atoms with E-state index in [1.807, 2.05) is 18.7 Å². The number of rotatable bonds is 10. The van der Waals surface area contributed by atoms with E-state index in [2.05, 4.69) is 15.6 Å². The molecule has 1 atom stereocenters. The second-order valence-electron chi connectivity index (χ2n) is 11.8. The molecule has 44 heavy (non-hydrogen) atoms. The molecule has 2 aromatic carbocycles. The molecule has 10 nitrogen and oxygen atoms in total. The van der Waals surface area contributed by atoms with Crippen molar-refractivity contribution < 1.29 is 27.5 Å². The zero-order valence-corrected chi connectivity index (χ0v) is 26.3. The molecule has 1 aliphatic carbocycles. The monoisotopic (exact) mass is 618 g/mol. The molecule has 1 aromatic heterocycles. The van der Waals surface area contributed by atoms with Gasteiger partial charge in [-0.05, 0) is 87.1 Å². The molecule has 6 rings (SSSR count). The highest BCUT2D eigenvalue weighted by Crippen LogP contribution is 2.37. The molecular formula is C33H38N4O6S. The summed E-state index contributed by atoms with van der Waals surface area (Å²) in [4.78, 5) is 32.2. The van der Waals surface area contributed by atoms with Gasteiger partial charge in [-0.2, -0.15) is 0 Å². The van der Waals surface area contributed by atoms with Crippen LogP contribution in [0.4, 0.5) is 5.69 Å². The molecule has 0 radical (unpaired) electrons. The van der Waals surface area contributed by atoms with Crippen molar-refractivity contribution in [2.24, 2.45) is 0 Å². The van der Waals surface area contributed by atoms with Crippen molar-refractivity contribution in [3.8, 4) is 11.5 Å². The minimum atomic E-state index is -3.78. The Balaban J connectivity index is 1.28. The van der Waals surface area contributed by atoms with E-state index in [4.69, 9.17) is 9.47 Å². The highest BCUT2D eigenvalue weighted by molar-refractivity contribution is 7.90. The zero-order chi connectivity index (χ0) is 31.2. The van der Waals surface area contributed by atoms with E-state index in [0.717, 1.165) is 37.2 Å². The summed E-state index contributed by atoms with van der Waals surface area (Å²) in [5.74, 6) is 0.381. The summed E-state index contributed by atoms with van der Waals surface area (Å²) in [5.41, 5.74) is 4.64. The number of anilines is 1. The van der Waals surface area contributed by atoms with Crippen LogP contribution in [0.5, 0.6) is 11.5 Å². The van der Waals surface area contributed by atoms with Gasteiger partial charge in [-0.25, -0.2) is 8.42 Å². The quantitative estimate of drug-likeness (QED) is 0.286. The minimum Gasteiger partial charge on any atom is -0.497 e. The van der Waals surface area contributed by atoms with Gasteiger partial charge in [-0.3, -0.25) is 9.59 Å². The van der Waals surface area contributed by atoms with E-state index in [0.29, 0.717) is 51.2 Å². The third-order valence-corrected chi connectivity index (χ3v) is 10.4. The number of H-pyrrole nitrogens is 1. The smallest absolute Gasteiger partial charge is 0.256 e. The van der Waals surface area contributed by atoms with Crippen LogP contribution >= 0.6 is 0 Å². The maximum atomic E-state index is 13.8. The number of carbonyl (C=O) groups is 2. The summed E-state index contributed by atoms with van der Waals surface area (Å²) in [6.07, 6.45) is 6.08. The highest BCUT2D eigenvalue weighted by Gasteiger charge is 2.34. The summed E-state index contributed by atoms with van der Waals surface area (Å²) in [6.45, 7) is 5.29. The maximum absolute atomic E-state index is 13.8. The fraction of sp³-hybridized carbons (Fsp3) is 0.394. The third-order valence-electron chi connectivity index (χ3n) is 8.74. The van der Waals surface area contributed by atoms with Crippen molar-refractivity contribution in [2.45, 2.75) is 62.3 Å². The lowest BCUT2D eigenvalue weighted by molar-refractivity contribution is -0.110. The van der Waals surface area contributed by atoms with Gasteiger partial charge in [0, 0.05) is 53.9 Å². The van der Waals surface area contributed by atoms with Gasteiger partial charge in [0.2, 0.25) is 0 Å². The Morgan fingerprint density at radius 2 is 1.80 bits per heavy atom. The number of aromatic amines is 1. The van der Waals surface area contributed by atoms with Gasteiger partial charge in [0.05, 0.1) is 36.0 Å². The average Bonchev–Trinajstić information content (AvgIpc) is 3.51. The van der Waals surface area contributed by atoms with E-state index in [-0.39, 0.29) is 28.5 Å². The number of nitrogens with one attached hydrogen (secondary N) is 3. The zero-order valence-electron chi connectivity index (χ0n) is 25.5. The van der Waals surface area contributed by atoms with Crippen LogP contribution in [-0.2, 0) is 20.4 Å². The number of ether oxygens (including phenoxy) is 2. The second-order valence-corrected chi connectivity index (χ2v) is 13.8. The Kier molecular flexibility index (Phi) is 8.02. The number of benzene rings is 2. The summed E-state index contributed by atoms with van der Waals surface area (Å²) >= 11 is 0. The highest BCUT2D eigenvalue weighted by atomic mass is 32.2. The molecule has 1 saturated heterocycles. The molecule has 3 heterocycles. The number of likely N-dealkylation sites (tertiary alicyclic amines) is 1. The Morgan fingerprint density at radius 3 is 2.48 bits per heavy atom. The van der Waals surface area contributed by atoms with Crippen LogP contribution in [0.25, 0.3) is 11.6 Å². The number of fused-ring (bicyclic) bond motifs is 1. The fourth-order valence-corrected chi connectivity index (χ4v) is 7.53. The van der Waals surface area contributed by atoms with Gasteiger partial charge in [-0.1, -0.05) is 0 Å². The van der Waals surface area contributed by atoms with E-state index in [1.54, 1.807) is 30.3 Å². The molecule has 11 heteroatoms. The van der Waals surface area contributed by atoms with Crippen molar-refractivity contribution in [1.82, 2.24) is 15.2 Å². The fourth-order valence-electron chi connectivity index (χ4n) is 6.19. The molecule has 232 valence electrons. The van der Waals surface area contributed by atoms with Gasteiger partial charge in [0.15, 0.2) is 9.84 Å². The Morgan fingerprint density at radius 1 is 1.07 bits per heavy atom. The first kappa shape index (κ1) is 30.0. The molecular weight excluding hydrogens is 580 g/mol. The number of hydrogen-bond acceptors (Lipinski definition) is 7. The molecule has 2 fully saturated rings. The van der Waals surface area contributed by atoms with E-state index >= 15 is 0 Å². The topological polar surface area (TPSA) is 130 Å².